The smallest absolute Gasteiger partial charge is 0.313 e. The molecule has 0 bridgehead atoms. The number of amides is 4. The number of benzene rings is 1. The molecule has 12 heteroatoms. The quantitative estimate of drug-likeness (QED) is 0.511. The van der Waals surface area contributed by atoms with E-state index >= 15 is 0 Å². The number of aromatic nitrogens is 1. The molecule has 1 aliphatic rings. The Kier molecular flexibility index (Phi) is 8.01. The van der Waals surface area contributed by atoms with E-state index in [9.17, 15) is 19.2 Å². The maximum Gasteiger partial charge on any atom is 0.313 e. The van der Waals surface area contributed by atoms with Crippen LogP contribution in [-0.2, 0) is 27.3 Å². The minimum absolute atomic E-state index is 0.260. The van der Waals surface area contributed by atoms with Crippen molar-refractivity contribution < 1.29 is 19.2 Å². The highest BCUT2D eigenvalue weighted by molar-refractivity contribution is 7.13. The van der Waals surface area contributed by atoms with Crippen LogP contribution in [0.3, 0.4) is 0 Å². The molecule has 3 rings (SSSR count). The predicted octanol–water partition coefficient (Wildman–Crippen LogP) is 0.726. The number of thiazole rings is 1. The van der Waals surface area contributed by atoms with Gasteiger partial charge in [0, 0.05) is 49.3 Å². The van der Waals surface area contributed by atoms with Gasteiger partial charge in [0.2, 0.25) is 5.91 Å². The van der Waals surface area contributed by atoms with Gasteiger partial charge in [-0.3, -0.25) is 19.2 Å². The summed E-state index contributed by atoms with van der Waals surface area (Å²) >= 11 is 7.11. The number of hydrogen-bond acceptors (Lipinski definition) is 7. The lowest BCUT2D eigenvalue weighted by Gasteiger charge is -2.21. The van der Waals surface area contributed by atoms with Gasteiger partial charge in [0.05, 0.1) is 5.69 Å². The lowest BCUT2D eigenvalue weighted by molar-refractivity contribution is -0.136. The summed E-state index contributed by atoms with van der Waals surface area (Å²) in [5.41, 5.74) is 1.26. The van der Waals surface area contributed by atoms with Gasteiger partial charge in [-0.05, 0) is 37.7 Å². The Bertz CT molecular complexity index is 1060. The normalized spacial score (nSPS) is 14.1. The molecule has 176 valence electrons. The van der Waals surface area contributed by atoms with Crippen LogP contribution in [0.25, 0.3) is 0 Å². The zero-order valence-electron chi connectivity index (χ0n) is 18.5. The lowest BCUT2D eigenvalue weighted by atomic mass is 10.2. The lowest BCUT2D eigenvalue weighted by Crippen LogP contribution is -2.53. The summed E-state index contributed by atoms with van der Waals surface area (Å²) in [4.78, 5) is 58.6. The third kappa shape index (κ3) is 6.50. The number of carbonyl (C=O) groups excluding carboxylic acids is 4. The van der Waals surface area contributed by atoms with Crippen LogP contribution in [0.2, 0.25) is 5.02 Å². The van der Waals surface area contributed by atoms with Gasteiger partial charge in [-0.15, -0.1) is 11.3 Å². The number of hydrogen-bond donors (Lipinski definition) is 3. The molecule has 0 saturated heterocycles. The molecule has 0 unspecified atom stereocenters. The monoisotopic (exact) mass is 492 g/mol. The highest BCUT2D eigenvalue weighted by Gasteiger charge is 2.27. The van der Waals surface area contributed by atoms with Gasteiger partial charge < -0.3 is 25.8 Å². The number of likely N-dealkylation sites (N-methyl/N-ethyl adjacent to an activating group) is 2. The van der Waals surface area contributed by atoms with Crippen LogP contribution in [-0.4, -0.2) is 78.7 Å². The van der Waals surface area contributed by atoms with Gasteiger partial charge in [0.1, 0.15) is 6.04 Å². The summed E-state index contributed by atoms with van der Waals surface area (Å²) in [5, 5.41) is 8.22. The molecular formula is C21H25ClN6O4S. The fourth-order valence-corrected chi connectivity index (χ4v) is 4.24. The maximum atomic E-state index is 12.8. The predicted molar refractivity (Wildman–Crippen MR) is 125 cm³/mol. The minimum atomic E-state index is -1.07. The fourth-order valence-electron chi connectivity index (χ4n) is 3.15. The highest BCUT2D eigenvalue weighted by atomic mass is 35.5. The Balaban J connectivity index is 1.62. The minimum Gasteiger partial charge on any atom is -0.347 e. The van der Waals surface area contributed by atoms with Gasteiger partial charge in [0.25, 0.3) is 5.91 Å². The van der Waals surface area contributed by atoms with E-state index in [1.165, 1.54) is 30.3 Å². The number of fused-ring (bicyclic) bond motifs is 1. The molecule has 0 aliphatic carbocycles. The van der Waals surface area contributed by atoms with Gasteiger partial charge in [-0.25, -0.2) is 4.98 Å². The average Bonchev–Trinajstić information content (AvgIpc) is 3.20. The highest BCUT2D eigenvalue weighted by Crippen LogP contribution is 2.24. The van der Waals surface area contributed by atoms with E-state index in [4.69, 9.17) is 11.6 Å². The van der Waals surface area contributed by atoms with Crippen LogP contribution in [0.15, 0.2) is 24.3 Å². The standard InChI is InChI=1S/C21H25ClN6O4S/c1-27(2)21(32)14(10-23-17(29)18(30)24-13-6-4-12(22)5-7-13)25-19(31)20-26-15-11-28(3)9-8-16(15)33-20/h4-7,14H,8-11H2,1-3H3,(H,23,29)(H,24,30)(H,25,31)/t14-/m0/s1. The molecule has 1 aromatic heterocycles. The molecule has 3 N–H and O–H groups in total. The number of carbonyl (C=O) groups is 4. The first-order chi connectivity index (χ1) is 15.6. The molecule has 2 heterocycles. The molecule has 1 atom stereocenters. The van der Waals surface area contributed by atoms with Crippen molar-refractivity contribution in [3.8, 4) is 0 Å². The van der Waals surface area contributed by atoms with Crippen molar-refractivity contribution in [1.29, 1.82) is 0 Å². The zero-order chi connectivity index (χ0) is 24.1. The van der Waals surface area contributed by atoms with Crippen molar-refractivity contribution in [3.63, 3.8) is 0 Å². The first kappa shape index (κ1) is 24.6. The first-order valence-electron chi connectivity index (χ1n) is 10.2. The van der Waals surface area contributed by atoms with Crippen molar-refractivity contribution >= 4 is 52.3 Å². The second-order valence-corrected chi connectivity index (χ2v) is 9.33. The molecule has 1 aromatic carbocycles. The molecule has 0 radical (unpaired) electrons. The Labute approximate surface area is 200 Å². The Morgan fingerprint density at radius 2 is 1.88 bits per heavy atom. The summed E-state index contributed by atoms with van der Waals surface area (Å²) in [7, 11) is 5.06. The summed E-state index contributed by atoms with van der Waals surface area (Å²) in [5.74, 6) is -2.78. The van der Waals surface area contributed by atoms with Crippen LogP contribution in [0.4, 0.5) is 5.69 Å². The topological polar surface area (TPSA) is 124 Å². The van der Waals surface area contributed by atoms with E-state index in [1.54, 1.807) is 24.3 Å². The van der Waals surface area contributed by atoms with Gasteiger partial charge in [0.15, 0.2) is 5.01 Å². The SMILES string of the molecule is CN1CCc2sc(C(=O)N[C@@H](CNC(=O)C(=O)Nc3ccc(Cl)cc3)C(=O)N(C)C)nc2C1. The number of halogens is 1. The molecule has 2 aromatic rings. The van der Waals surface area contributed by atoms with E-state index < -0.39 is 29.7 Å². The van der Waals surface area contributed by atoms with E-state index in [1.807, 2.05) is 7.05 Å². The van der Waals surface area contributed by atoms with Crippen LogP contribution in [0, 0.1) is 0 Å². The summed E-state index contributed by atoms with van der Waals surface area (Å²) in [6.45, 7) is 1.30. The number of nitrogens with zero attached hydrogens (tertiary/aromatic N) is 3. The van der Waals surface area contributed by atoms with Crippen molar-refractivity contribution in [2.45, 2.75) is 19.0 Å². The van der Waals surface area contributed by atoms with Gasteiger partial charge in [-0.2, -0.15) is 0 Å². The summed E-state index contributed by atoms with van der Waals surface area (Å²) < 4.78 is 0. The Morgan fingerprint density at radius 3 is 2.55 bits per heavy atom. The second kappa shape index (κ2) is 10.7. The third-order valence-electron chi connectivity index (χ3n) is 4.93. The molecule has 10 nitrogen and oxygen atoms in total. The number of anilines is 1. The largest absolute Gasteiger partial charge is 0.347 e. The molecule has 0 fully saturated rings. The summed E-state index contributed by atoms with van der Waals surface area (Å²) in [6, 6.07) is 5.19. The van der Waals surface area contributed by atoms with Gasteiger partial charge in [-0.1, -0.05) is 11.6 Å². The maximum absolute atomic E-state index is 12.8. The zero-order valence-corrected chi connectivity index (χ0v) is 20.0. The van der Waals surface area contributed by atoms with Crippen LogP contribution >= 0.6 is 22.9 Å². The average molecular weight is 493 g/mol. The van der Waals surface area contributed by atoms with Crippen molar-refractivity contribution in [1.82, 2.24) is 25.4 Å². The number of nitrogens with one attached hydrogen (secondary N) is 3. The molecule has 0 saturated carbocycles. The van der Waals surface area contributed by atoms with E-state index in [0.717, 1.165) is 23.5 Å². The van der Waals surface area contributed by atoms with Crippen LogP contribution in [0.5, 0.6) is 0 Å². The number of rotatable bonds is 6. The van der Waals surface area contributed by atoms with Crippen molar-refractivity contribution in [3.05, 3.63) is 44.9 Å². The molecule has 0 spiro atoms. The van der Waals surface area contributed by atoms with E-state index in [-0.39, 0.29) is 11.6 Å². The Hall–Kier alpha value is -3.02. The van der Waals surface area contributed by atoms with Crippen LogP contribution in [0.1, 0.15) is 20.4 Å². The molecule has 4 amide bonds. The first-order valence-corrected chi connectivity index (χ1v) is 11.4. The van der Waals surface area contributed by atoms with E-state index in [0.29, 0.717) is 17.3 Å². The second-order valence-electron chi connectivity index (χ2n) is 7.81. The van der Waals surface area contributed by atoms with Crippen molar-refractivity contribution in [2.75, 3.05) is 39.5 Å². The molecular weight excluding hydrogens is 468 g/mol. The van der Waals surface area contributed by atoms with E-state index in [2.05, 4.69) is 25.8 Å². The summed E-state index contributed by atoms with van der Waals surface area (Å²) in [6.07, 6.45) is 0.815. The van der Waals surface area contributed by atoms with Crippen molar-refractivity contribution in [2.24, 2.45) is 0 Å². The van der Waals surface area contributed by atoms with Gasteiger partial charge >= 0.3 is 11.8 Å². The molecule has 33 heavy (non-hydrogen) atoms. The fraction of sp³-hybridized carbons (Fsp3) is 0.381. The third-order valence-corrected chi connectivity index (χ3v) is 6.34. The molecule has 1 aliphatic heterocycles. The Morgan fingerprint density at radius 1 is 1.18 bits per heavy atom. The van der Waals surface area contributed by atoms with Crippen LogP contribution < -0.4 is 16.0 Å².